The maximum atomic E-state index is 11.4. The van der Waals surface area contributed by atoms with Gasteiger partial charge < -0.3 is 4.90 Å². The molecule has 6 rings (SSSR count). The van der Waals surface area contributed by atoms with Gasteiger partial charge in [-0.3, -0.25) is 4.79 Å². The lowest BCUT2D eigenvalue weighted by Gasteiger charge is -2.25. The van der Waals surface area contributed by atoms with E-state index in [1.165, 1.54) is 17.1 Å². The molecular weight excluding hydrogens is 404 g/mol. The van der Waals surface area contributed by atoms with Crippen molar-refractivity contribution in [1.82, 2.24) is 0 Å². The van der Waals surface area contributed by atoms with Crippen LogP contribution in [0, 0.1) is 0 Å². The van der Waals surface area contributed by atoms with Gasteiger partial charge in [0.25, 0.3) is 5.91 Å². The molecule has 0 saturated heterocycles. The van der Waals surface area contributed by atoms with Gasteiger partial charge >= 0.3 is 0 Å². The van der Waals surface area contributed by atoms with E-state index in [1.54, 1.807) is 6.21 Å². The number of carbonyl (C=O) groups is 1. The molecule has 0 saturated carbocycles. The highest BCUT2D eigenvalue weighted by molar-refractivity contribution is 6.23. The normalized spacial score (nSPS) is 13.2. The summed E-state index contributed by atoms with van der Waals surface area (Å²) in [5.41, 5.74) is 7.45. The molecule has 0 aromatic heterocycles. The minimum Gasteiger partial charge on any atom is -0.311 e. The second kappa shape index (κ2) is 9.33. The highest BCUT2D eigenvalue weighted by atomic mass is 16.1. The van der Waals surface area contributed by atoms with E-state index in [0.29, 0.717) is 5.57 Å². The molecule has 1 aliphatic carbocycles. The van der Waals surface area contributed by atoms with Crippen LogP contribution in [0.5, 0.6) is 0 Å². The van der Waals surface area contributed by atoms with Crippen molar-refractivity contribution in [3.63, 3.8) is 0 Å². The number of carbonyl (C=O) groups excluding carboxylic acids is 1. The average Bonchev–Trinajstić information content (AvgIpc) is 3.27. The van der Waals surface area contributed by atoms with Crippen molar-refractivity contribution >= 4 is 40.8 Å². The number of fused-ring (bicyclic) bond motifs is 3. The molecule has 4 aromatic carbocycles. The first-order valence-electron chi connectivity index (χ1n) is 10.9. The van der Waals surface area contributed by atoms with Crippen molar-refractivity contribution in [2.24, 2.45) is 4.99 Å². The zero-order chi connectivity index (χ0) is 22.5. The van der Waals surface area contributed by atoms with Crippen LogP contribution in [-0.4, -0.2) is 12.1 Å². The third kappa shape index (κ3) is 4.30. The quantitative estimate of drug-likeness (QED) is 0.346. The summed E-state index contributed by atoms with van der Waals surface area (Å²) in [7, 11) is 0. The molecule has 1 heterocycles. The van der Waals surface area contributed by atoms with Crippen molar-refractivity contribution in [3.05, 3.63) is 138 Å². The minimum absolute atomic E-state index is 0.140. The molecule has 0 atom stereocenters. The Hall–Kier alpha value is -4.50. The fourth-order valence-corrected chi connectivity index (χ4v) is 4.03. The van der Waals surface area contributed by atoms with Crippen LogP contribution in [0.15, 0.2) is 132 Å². The van der Waals surface area contributed by atoms with Crippen LogP contribution in [-0.2, 0) is 4.79 Å². The first-order chi connectivity index (χ1) is 16.3. The van der Waals surface area contributed by atoms with Gasteiger partial charge in [0.1, 0.15) is 0 Å². The lowest BCUT2D eigenvalue weighted by Crippen LogP contribution is -2.09. The minimum atomic E-state index is -0.140. The van der Waals surface area contributed by atoms with E-state index in [1.807, 2.05) is 54.6 Å². The number of anilines is 3. The zero-order valence-electron chi connectivity index (χ0n) is 18.0. The molecule has 0 fully saturated rings. The lowest BCUT2D eigenvalue weighted by atomic mass is 10.0. The third-order valence-electron chi connectivity index (χ3n) is 5.55. The molecule has 0 unspecified atom stereocenters. The molecule has 2 aliphatic rings. The van der Waals surface area contributed by atoms with Crippen molar-refractivity contribution in [2.45, 2.75) is 0 Å². The summed E-state index contributed by atoms with van der Waals surface area (Å²) in [6, 6.07) is 39.2. The van der Waals surface area contributed by atoms with E-state index in [0.717, 1.165) is 16.7 Å². The second-order valence-corrected chi connectivity index (χ2v) is 7.65. The lowest BCUT2D eigenvalue weighted by molar-refractivity contribution is -0.113. The number of para-hydroxylation sites is 3. The molecule has 3 heteroatoms. The Balaban J connectivity index is 0.000000144. The van der Waals surface area contributed by atoms with Crippen LogP contribution in [0.3, 0.4) is 0 Å². The molecule has 1 amide bonds. The SMILES string of the molecule is O=C1N=CC=C2C1=Cc1ccccc12.c1ccc(N(c2ccccc2)c2ccccc2)cc1. The number of nitrogens with zero attached hydrogens (tertiary/aromatic N) is 2. The monoisotopic (exact) mass is 426 g/mol. The standard InChI is InChI=1S/C18H15N.C12H7NO/c1-4-10-16(11-5-1)19(17-12-6-2-7-13-17)18-14-8-3-9-15-18;14-12-11-7-8-3-1-2-4-9(8)10(11)5-6-13-12/h1-15H;1-7H. The summed E-state index contributed by atoms with van der Waals surface area (Å²) >= 11 is 0. The molecule has 33 heavy (non-hydrogen) atoms. The first kappa shape index (κ1) is 20.4. The fourth-order valence-electron chi connectivity index (χ4n) is 4.03. The first-order valence-corrected chi connectivity index (χ1v) is 10.9. The van der Waals surface area contributed by atoms with Crippen LogP contribution in [0.1, 0.15) is 11.1 Å². The van der Waals surface area contributed by atoms with E-state index in [4.69, 9.17) is 0 Å². The summed E-state index contributed by atoms with van der Waals surface area (Å²) in [6.07, 6.45) is 5.36. The Morgan fingerprint density at radius 3 is 1.58 bits per heavy atom. The predicted octanol–water partition coefficient (Wildman–Crippen LogP) is 7.23. The third-order valence-corrected chi connectivity index (χ3v) is 5.55. The van der Waals surface area contributed by atoms with Crippen LogP contribution >= 0.6 is 0 Å². The molecule has 158 valence electrons. The van der Waals surface area contributed by atoms with E-state index in [-0.39, 0.29) is 5.91 Å². The average molecular weight is 427 g/mol. The van der Waals surface area contributed by atoms with Gasteiger partial charge in [-0.15, -0.1) is 0 Å². The largest absolute Gasteiger partial charge is 0.311 e. The molecule has 0 bridgehead atoms. The molecule has 3 nitrogen and oxygen atoms in total. The highest BCUT2D eigenvalue weighted by Crippen LogP contribution is 2.36. The number of aliphatic imine (C=N–C) groups is 1. The van der Waals surface area contributed by atoms with Gasteiger partial charge in [0.05, 0.1) is 5.57 Å². The van der Waals surface area contributed by atoms with E-state index in [9.17, 15) is 4.79 Å². The number of allylic oxidation sites excluding steroid dienone is 1. The number of amides is 1. The van der Waals surface area contributed by atoms with Crippen LogP contribution in [0.2, 0.25) is 0 Å². The van der Waals surface area contributed by atoms with Crippen LogP contribution in [0.25, 0.3) is 11.6 Å². The van der Waals surface area contributed by atoms with Gasteiger partial charge in [-0.2, -0.15) is 0 Å². The number of rotatable bonds is 3. The molecule has 4 aromatic rings. The van der Waals surface area contributed by atoms with Gasteiger partial charge in [0, 0.05) is 23.3 Å². The molecule has 0 N–H and O–H groups in total. The Bertz CT molecular complexity index is 1260. The number of hydrogen-bond acceptors (Lipinski definition) is 2. The Morgan fingerprint density at radius 2 is 1.03 bits per heavy atom. The molecular formula is C30H22N2O. The number of dihydropyridines is 1. The maximum absolute atomic E-state index is 11.4. The molecule has 1 aliphatic heterocycles. The summed E-state index contributed by atoms with van der Waals surface area (Å²) in [4.78, 5) is 17.4. The van der Waals surface area contributed by atoms with Crippen molar-refractivity contribution < 1.29 is 4.79 Å². The van der Waals surface area contributed by atoms with E-state index < -0.39 is 0 Å². The fraction of sp³-hybridized carbons (Fsp3) is 0. The highest BCUT2D eigenvalue weighted by Gasteiger charge is 2.24. The van der Waals surface area contributed by atoms with E-state index in [2.05, 4.69) is 82.7 Å². The topological polar surface area (TPSA) is 32.7 Å². The Labute approximate surface area is 193 Å². The van der Waals surface area contributed by atoms with Gasteiger partial charge in [-0.1, -0.05) is 78.9 Å². The second-order valence-electron chi connectivity index (χ2n) is 7.65. The summed E-state index contributed by atoms with van der Waals surface area (Å²) in [5, 5.41) is 0. The van der Waals surface area contributed by atoms with Crippen molar-refractivity contribution in [3.8, 4) is 0 Å². The summed E-state index contributed by atoms with van der Waals surface area (Å²) < 4.78 is 0. The summed E-state index contributed by atoms with van der Waals surface area (Å²) in [6.45, 7) is 0. The van der Waals surface area contributed by atoms with Crippen molar-refractivity contribution in [2.75, 3.05) is 4.90 Å². The van der Waals surface area contributed by atoms with Crippen LogP contribution in [0.4, 0.5) is 17.1 Å². The Morgan fingerprint density at radius 1 is 0.545 bits per heavy atom. The molecule has 0 radical (unpaired) electrons. The van der Waals surface area contributed by atoms with Gasteiger partial charge in [-0.25, -0.2) is 4.99 Å². The predicted molar refractivity (Wildman–Crippen MR) is 137 cm³/mol. The van der Waals surface area contributed by atoms with Gasteiger partial charge in [0.2, 0.25) is 0 Å². The maximum Gasteiger partial charge on any atom is 0.277 e. The zero-order valence-corrected chi connectivity index (χ0v) is 18.0. The van der Waals surface area contributed by atoms with E-state index >= 15 is 0 Å². The van der Waals surface area contributed by atoms with Gasteiger partial charge in [0.15, 0.2) is 0 Å². The van der Waals surface area contributed by atoms with Crippen molar-refractivity contribution in [1.29, 1.82) is 0 Å². The number of benzene rings is 4. The smallest absolute Gasteiger partial charge is 0.277 e. The Kier molecular flexibility index (Phi) is 5.77. The van der Waals surface area contributed by atoms with Gasteiger partial charge in [-0.05, 0) is 65.3 Å². The summed E-state index contributed by atoms with van der Waals surface area (Å²) in [5.74, 6) is -0.140. The molecule has 0 spiro atoms. The number of hydrogen-bond donors (Lipinski definition) is 0. The van der Waals surface area contributed by atoms with Crippen LogP contribution < -0.4 is 4.90 Å².